The smallest absolute Gasteiger partial charge is 0.258 e. The van der Waals surface area contributed by atoms with Gasteiger partial charge in [-0.1, -0.05) is 6.07 Å². The van der Waals surface area contributed by atoms with Crippen LogP contribution in [-0.4, -0.2) is 20.4 Å². The lowest BCUT2D eigenvalue weighted by atomic mass is 10.3. The fourth-order valence-electron chi connectivity index (χ4n) is 1.52. The summed E-state index contributed by atoms with van der Waals surface area (Å²) in [5, 5.41) is 2.98. The zero-order valence-corrected chi connectivity index (χ0v) is 11.3. The SMILES string of the molecule is CNCc1ccc(S(=O)(=O)NCc2ccoc2)nc1. The second-order valence-corrected chi connectivity index (χ2v) is 5.70. The summed E-state index contributed by atoms with van der Waals surface area (Å²) in [7, 11) is -1.77. The van der Waals surface area contributed by atoms with Gasteiger partial charge in [0.05, 0.1) is 12.5 Å². The molecule has 0 aliphatic carbocycles. The molecule has 2 N–H and O–H groups in total. The molecule has 0 aromatic carbocycles. The first-order chi connectivity index (χ1) is 9.12. The van der Waals surface area contributed by atoms with Gasteiger partial charge in [0.25, 0.3) is 10.0 Å². The Morgan fingerprint density at radius 1 is 1.21 bits per heavy atom. The van der Waals surface area contributed by atoms with Gasteiger partial charge in [0.1, 0.15) is 0 Å². The molecule has 0 bridgehead atoms. The van der Waals surface area contributed by atoms with Gasteiger partial charge >= 0.3 is 0 Å². The summed E-state index contributed by atoms with van der Waals surface area (Å²) >= 11 is 0. The van der Waals surface area contributed by atoms with Gasteiger partial charge in [-0.3, -0.25) is 0 Å². The molecule has 0 atom stereocenters. The lowest BCUT2D eigenvalue weighted by Crippen LogP contribution is -2.24. The van der Waals surface area contributed by atoms with Gasteiger partial charge in [-0.2, -0.15) is 0 Å². The molecular weight excluding hydrogens is 266 g/mol. The minimum atomic E-state index is -3.59. The van der Waals surface area contributed by atoms with Gasteiger partial charge in [-0.05, 0) is 24.7 Å². The van der Waals surface area contributed by atoms with Crippen LogP contribution in [0.1, 0.15) is 11.1 Å². The molecule has 6 nitrogen and oxygen atoms in total. The largest absolute Gasteiger partial charge is 0.472 e. The standard InChI is InChI=1S/C12H15N3O3S/c1-13-6-10-2-3-12(14-7-10)19(16,17)15-8-11-4-5-18-9-11/h2-5,7,9,13,15H,6,8H2,1H3. The first kappa shape index (κ1) is 13.7. The number of hydrogen-bond acceptors (Lipinski definition) is 5. The molecular formula is C12H15N3O3S. The van der Waals surface area contributed by atoms with Gasteiger partial charge in [0, 0.05) is 24.8 Å². The number of nitrogens with one attached hydrogen (secondary N) is 2. The lowest BCUT2D eigenvalue weighted by Gasteiger charge is -2.05. The normalized spacial score (nSPS) is 11.6. The van der Waals surface area contributed by atoms with Crippen LogP contribution in [0, 0.1) is 0 Å². The van der Waals surface area contributed by atoms with E-state index < -0.39 is 10.0 Å². The molecule has 0 aliphatic heterocycles. The summed E-state index contributed by atoms with van der Waals surface area (Å²) in [5.41, 5.74) is 1.69. The Labute approximate surface area is 111 Å². The van der Waals surface area contributed by atoms with E-state index in [1.54, 1.807) is 18.3 Å². The first-order valence-corrected chi connectivity index (χ1v) is 7.20. The number of rotatable bonds is 6. The summed E-state index contributed by atoms with van der Waals surface area (Å²) in [6, 6.07) is 4.92. The highest BCUT2D eigenvalue weighted by atomic mass is 32.2. The summed E-state index contributed by atoms with van der Waals surface area (Å²) in [5.74, 6) is 0. The summed E-state index contributed by atoms with van der Waals surface area (Å²) < 4.78 is 31.3. The molecule has 0 amide bonds. The Bertz CT molecular complexity index is 606. The van der Waals surface area contributed by atoms with Crippen LogP contribution in [0.15, 0.2) is 46.4 Å². The van der Waals surface area contributed by atoms with Crippen LogP contribution in [0.3, 0.4) is 0 Å². The average molecular weight is 281 g/mol. The second kappa shape index (κ2) is 5.96. The summed E-state index contributed by atoms with van der Waals surface area (Å²) in [6.07, 6.45) is 4.53. The molecule has 0 saturated heterocycles. The van der Waals surface area contributed by atoms with E-state index in [2.05, 4.69) is 15.0 Å². The molecule has 0 unspecified atom stereocenters. The Kier molecular flexibility index (Phi) is 4.31. The van der Waals surface area contributed by atoms with Gasteiger partial charge in [0.2, 0.25) is 0 Å². The monoisotopic (exact) mass is 281 g/mol. The third-order valence-electron chi connectivity index (χ3n) is 2.50. The van der Waals surface area contributed by atoms with Crippen LogP contribution in [0.25, 0.3) is 0 Å². The van der Waals surface area contributed by atoms with Crippen molar-refractivity contribution in [3.05, 3.63) is 48.0 Å². The Morgan fingerprint density at radius 3 is 2.63 bits per heavy atom. The van der Waals surface area contributed by atoms with Crippen molar-refractivity contribution in [1.29, 1.82) is 0 Å². The fourth-order valence-corrected chi connectivity index (χ4v) is 2.47. The van der Waals surface area contributed by atoms with Crippen LogP contribution < -0.4 is 10.0 Å². The predicted octanol–water partition coefficient (Wildman–Crippen LogP) is 0.872. The van der Waals surface area contributed by atoms with E-state index in [9.17, 15) is 8.42 Å². The molecule has 102 valence electrons. The van der Waals surface area contributed by atoms with Gasteiger partial charge in [-0.15, -0.1) is 0 Å². The highest BCUT2D eigenvalue weighted by Gasteiger charge is 2.15. The van der Waals surface area contributed by atoms with E-state index in [1.807, 2.05) is 7.05 Å². The van der Waals surface area contributed by atoms with E-state index >= 15 is 0 Å². The van der Waals surface area contributed by atoms with Crippen molar-refractivity contribution in [3.8, 4) is 0 Å². The molecule has 2 aromatic rings. The van der Waals surface area contributed by atoms with E-state index in [0.29, 0.717) is 6.54 Å². The maximum absolute atomic E-state index is 12.0. The predicted molar refractivity (Wildman–Crippen MR) is 69.7 cm³/mol. The van der Waals surface area contributed by atoms with Crippen molar-refractivity contribution in [1.82, 2.24) is 15.0 Å². The molecule has 19 heavy (non-hydrogen) atoms. The van der Waals surface area contributed by atoms with Crippen molar-refractivity contribution in [3.63, 3.8) is 0 Å². The van der Waals surface area contributed by atoms with Crippen LogP contribution in [-0.2, 0) is 23.1 Å². The van der Waals surface area contributed by atoms with Crippen LogP contribution in [0.4, 0.5) is 0 Å². The Balaban J connectivity index is 2.06. The topological polar surface area (TPSA) is 84.2 Å². The van der Waals surface area contributed by atoms with Crippen molar-refractivity contribution < 1.29 is 12.8 Å². The number of furan rings is 1. The quantitative estimate of drug-likeness (QED) is 0.821. The molecule has 2 heterocycles. The second-order valence-electron chi connectivity index (χ2n) is 3.99. The molecule has 0 saturated carbocycles. The number of pyridine rings is 1. The maximum atomic E-state index is 12.0. The van der Waals surface area contributed by atoms with E-state index in [-0.39, 0.29) is 11.6 Å². The fraction of sp³-hybridized carbons (Fsp3) is 0.250. The lowest BCUT2D eigenvalue weighted by molar-refractivity contribution is 0.560. The van der Waals surface area contributed by atoms with Gasteiger partial charge in [-0.25, -0.2) is 18.1 Å². The minimum Gasteiger partial charge on any atom is -0.472 e. The van der Waals surface area contributed by atoms with E-state index in [4.69, 9.17) is 4.42 Å². The van der Waals surface area contributed by atoms with Crippen LogP contribution in [0.2, 0.25) is 0 Å². The number of sulfonamides is 1. The third-order valence-corrected chi connectivity index (χ3v) is 3.82. The highest BCUT2D eigenvalue weighted by Crippen LogP contribution is 2.08. The van der Waals surface area contributed by atoms with Crippen molar-refractivity contribution >= 4 is 10.0 Å². The molecule has 0 spiro atoms. The Hall–Kier alpha value is -1.70. The maximum Gasteiger partial charge on any atom is 0.258 e. The van der Waals surface area contributed by atoms with Crippen molar-refractivity contribution in [2.24, 2.45) is 0 Å². The van der Waals surface area contributed by atoms with Crippen molar-refractivity contribution in [2.45, 2.75) is 18.1 Å². The Morgan fingerprint density at radius 2 is 2.05 bits per heavy atom. The molecule has 0 fully saturated rings. The zero-order valence-electron chi connectivity index (χ0n) is 10.5. The van der Waals surface area contributed by atoms with Gasteiger partial charge in [0.15, 0.2) is 5.03 Å². The van der Waals surface area contributed by atoms with E-state index in [1.165, 1.54) is 18.6 Å². The molecule has 2 aromatic heterocycles. The minimum absolute atomic E-state index is 0.0100. The third kappa shape index (κ3) is 3.63. The summed E-state index contributed by atoms with van der Waals surface area (Å²) in [4.78, 5) is 3.96. The number of hydrogen-bond donors (Lipinski definition) is 2. The zero-order chi connectivity index (χ0) is 13.7. The first-order valence-electron chi connectivity index (χ1n) is 5.72. The van der Waals surface area contributed by atoms with Gasteiger partial charge < -0.3 is 9.73 Å². The van der Waals surface area contributed by atoms with Crippen LogP contribution in [0.5, 0.6) is 0 Å². The molecule has 0 aliphatic rings. The number of nitrogens with zero attached hydrogens (tertiary/aromatic N) is 1. The van der Waals surface area contributed by atoms with E-state index in [0.717, 1.165) is 11.1 Å². The molecule has 0 radical (unpaired) electrons. The highest BCUT2D eigenvalue weighted by molar-refractivity contribution is 7.89. The summed E-state index contributed by atoms with van der Waals surface area (Å²) in [6.45, 7) is 0.828. The molecule has 2 rings (SSSR count). The van der Waals surface area contributed by atoms with Crippen molar-refractivity contribution in [2.75, 3.05) is 7.05 Å². The number of aromatic nitrogens is 1. The molecule has 7 heteroatoms. The average Bonchev–Trinajstić information content (AvgIpc) is 2.91. The van der Waals surface area contributed by atoms with Crippen LogP contribution >= 0.6 is 0 Å².